The van der Waals surface area contributed by atoms with Crippen molar-refractivity contribution in [1.29, 1.82) is 0 Å². The Bertz CT molecular complexity index is 453. The van der Waals surface area contributed by atoms with E-state index in [4.69, 9.17) is 11.6 Å². The molecule has 3 nitrogen and oxygen atoms in total. The second kappa shape index (κ2) is 5.67. The highest BCUT2D eigenvalue weighted by molar-refractivity contribution is 6.31. The summed E-state index contributed by atoms with van der Waals surface area (Å²) in [4.78, 5) is 13.8. The van der Waals surface area contributed by atoms with Crippen LogP contribution in [0.4, 0.5) is 10.1 Å². The Morgan fingerprint density at radius 3 is 3.00 bits per heavy atom. The first kappa shape index (κ1) is 13.3. The maximum atomic E-state index is 13.1. The zero-order valence-electron chi connectivity index (χ0n) is 10.2. The molecule has 1 unspecified atom stereocenters. The molecule has 1 aromatic carbocycles. The van der Waals surface area contributed by atoms with Crippen molar-refractivity contribution in [3.8, 4) is 0 Å². The van der Waals surface area contributed by atoms with Crippen molar-refractivity contribution < 1.29 is 9.18 Å². The minimum absolute atomic E-state index is 0.0334. The minimum Gasteiger partial charge on any atom is -0.311 e. The average molecular weight is 271 g/mol. The van der Waals surface area contributed by atoms with Crippen molar-refractivity contribution in [2.45, 2.75) is 25.8 Å². The van der Waals surface area contributed by atoms with Gasteiger partial charge in [0.1, 0.15) is 5.82 Å². The molecule has 0 spiro atoms. The van der Waals surface area contributed by atoms with Crippen LogP contribution < -0.4 is 10.2 Å². The molecular weight excluding hydrogens is 255 g/mol. The van der Waals surface area contributed by atoms with Crippen LogP contribution in [0.3, 0.4) is 0 Å². The summed E-state index contributed by atoms with van der Waals surface area (Å²) in [5.41, 5.74) is 0.659. The van der Waals surface area contributed by atoms with E-state index in [-0.39, 0.29) is 17.0 Å². The van der Waals surface area contributed by atoms with Crippen molar-refractivity contribution in [3.05, 3.63) is 29.0 Å². The molecule has 0 saturated carbocycles. The molecule has 1 fully saturated rings. The molecule has 5 heteroatoms. The Kier molecular flexibility index (Phi) is 4.19. The third-order valence-electron chi connectivity index (χ3n) is 3.06. The van der Waals surface area contributed by atoms with E-state index in [1.54, 1.807) is 11.0 Å². The van der Waals surface area contributed by atoms with Crippen LogP contribution in [-0.4, -0.2) is 25.0 Å². The number of amides is 1. The van der Waals surface area contributed by atoms with Crippen LogP contribution in [0.2, 0.25) is 5.02 Å². The van der Waals surface area contributed by atoms with Gasteiger partial charge in [-0.3, -0.25) is 4.79 Å². The fraction of sp³-hybridized carbons (Fsp3) is 0.462. The molecular formula is C13H16ClFN2O. The number of nitrogens with one attached hydrogen (secondary N) is 1. The van der Waals surface area contributed by atoms with Crippen LogP contribution >= 0.6 is 11.6 Å². The quantitative estimate of drug-likeness (QED) is 0.912. The van der Waals surface area contributed by atoms with Gasteiger partial charge >= 0.3 is 0 Å². The van der Waals surface area contributed by atoms with Gasteiger partial charge in [-0.05, 0) is 37.6 Å². The number of anilines is 1. The van der Waals surface area contributed by atoms with Crippen molar-refractivity contribution in [2.75, 3.05) is 18.0 Å². The van der Waals surface area contributed by atoms with Crippen LogP contribution in [0.5, 0.6) is 0 Å². The fourth-order valence-electron chi connectivity index (χ4n) is 2.10. The molecule has 0 radical (unpaired) electrons. The van der Waals surface area contributed by atoms with Crippen LogP contribution in [0.1, 0.15) is 19.8 Å². The summed E-state index contributed by atoms with van der Waals surface area (Å²) in [6, 6.07) is 4.24. The second-order valence-electron chi connectivity index (χ2n) is 4.38. The zero-order valence-corrected chi connectivity index (χ0v) is 11.0. The molecule has 0 bridgehead atoms. The first-order chi connectivity index (χ1) is 8.63. The summed E-state index contributed by atoms with van der Waals surface area (Å²) in [5, 5.41) is 3.26. The molecule has 1 N–H and O–H groups in total. The van der Waals surface area contributed by atoms with E-state index in [0.717, 1.165) is 19.4 Å². The van der Waals surface area contributed by atoms with Gasteiger partial charge in [0.25, 0.3) is 0 Å². The lowest BCUT2D eigenvalue weighted by atomic mass is 10.2. The van der Waals surface area contributed by atoms with E-state index in [1.807, 2.05) is 0 Å². The lowest BCUT2D eigenvalue weighted by Gasteiger charge is -2.17. The number of halogens is 2. The summed E-state index contributed by atoms with van der Waals surface area (Å²) < 4.78 is 13.1. The van der Waals surface area contributed by atoms with Gasteiger partial charge in [-0.25, -0.2) is 4.39 Å². The SMILES string of the molecule is CCCNC1CCN(c2ccc(F)c(Cl)c2)C1=O. The summed E-state index contributed by atoms with van der Waals surface area (Å²) in [6.45, 7) is 3.53. The van der Waals surface area contributed by atoms with Gasteiger partial charge in [0.05, 0.1) is 11.1 Å². The zero-order chi connectivity index (χ0) is 13.1. The van der Waals surface area contributed by atoms with Gasteiger partial charge in [-0.15, -0.1) is 0 Å². The highest BCUT2D eigenvalue weighted by atomic mass is 35.5. The number of benzene rings is 1. The predicted molar refractivity (Wildman–Crippen MR) is 70.5 cm³/mol. The van der Waals surface area contributed by atoms with Gasteiger partial charge < -0.3 is 10.2 Å². The van der Waals surface area contributed by atoms with E-state index >= 15 is 0 Å². The van der Waals surface area contributed by atoms with E-state index in [1.165, 1.54) is 12.1 Å². The predicted octanol–water partition coefficient (Wildman–Crippen LogP) is 2.58. The molecule has 0 aromatic heterocycles. The number of carbonyl (C=O) groups excluding carboxylic acids is 1. The largest absolute Gasteiger partial charge is 0.311 e. The first-order valence-electron chi connectivity index (χ1n) is 6.13. The molecule has 1 heterocycles. The monoisotopic (exact) mass is 270 g/mol. The summed E-state index contributed by atoms with van der Waals surface area (Å²) in [6.07, 6.45) is 1.76. The summed E-state index contributed by atoms with van der Waals surface area (Å²) in [5.74, 6) is -0.432. The number of carbonyl (C=O) groups is 1. The Morgan fingerprint density at radius 1 is 1.56 bits per heavy atom. The van der Waals surface area contributed by atoms with Crippen molar-refractivity contribution in [1.82, 2.24) is 5.32 Å². The summed E-state index contributed by atoms with van der Waals surface area (Å²) >= 11 is 5.73. The number of hydrogen-bond donors (Lipinski definition) is 1. The topological polar surface area (TPSA) is 32.3 Å². The van der Waals surface area contributed by atoms with E-state index in [0.29, 0.717) is 12.2 Å². The van der Waals surface area contributed by atoms with Gasteiger partial charge in [0.2, 0.25) is 5.91 Å². The third-order valence-corrected chi connectivity index (χ3v) is 3.35. The Balaban J connectivity index is 2.10. The highest BCUT2D eigenvalue weighted by Gasteiger charge is 2.32. The maximum absolute atomic E-state index is 13.1. The Morgan fingerprint density at radius 2 is 2.33 bits per heavy atom. The molecule has 1 atom stereocenters. The lowest BCUT2D eigenvalue weighted by Crippen LogP contribution is -2.38. The molecule has 0 aliphatic carbocycles. The first-order valence-corrected chi connectivity index (χ1v) is 6.51. The molecule has 98 valence electrons. The highest BCUT2D eigenvalue weighted by Crippen LogP contribution is 2.26. The molecule has 1 saturated heterocycles. The third kappa shape index (κ3) is 2.65. The summed E-state index contributed by atoms with van der Waals surface area (Å²) in [7, 11) is 0. The molecule has 18 heavy (non-hydrogen) atoms. The second-order valence-corrected chi connectivity index (χ2v) is 4.79. The van der Waals surface area contributed by atoms with Gasteiger partial charge in [-0.1, -0.05) is 18.5 Å². The molecule has 2 rings (SSSR count). The van der Waals surface area contributed by atoms with Gasteiger partial charge in [0.15, 0.2) is 0 Å². The minimum atomic E-state index is -0.465. The maximum Gasteiger partial charge on any atom is 0.244 e. The molecule has 1 aliphatic heterocycles. The Hall–Kier alpha value is -1.13. The smallest absolute Gasteiger partial charge is 0.244 e. The van der Waals surface area contributed by atoms with Crippen LogP contribution in [0.15, 0.2) is 18.2 Å². The normalized spacial score (nSPS) is 19.6. The van der Waals surface area contributed by atoms with Crippen LogP contribution in [0.25, 0.3) is 0 Å². The van der Waals surface area contributed by atoms with Gasteiger partial charge in [0, 0.05) is 12.2 Å². The molecule has 1 amide bonds. The van der Waals surface area contributed by atoms with Crippen LogP contribution in [0, 0.1) is 5.82 Å². The van der Waals surface area contributed by atoms with Crippen LogP contribution in [-0.2, 0) is 4.79 Å². The van der Waals surface area contributed by atoms with E-state index in [2.05, 4.69) is 12.2 Å². The van der Waals surface area contributed by atoms with Crippen molar-refractivity contribution in [2.24, 2.45) is 0 Å². The fourth-order valence-corrected chi connectivity index (χ4v) is 2.27. The standard InChI is InChI=1S/C13H16ClFN2O/c1-2-6-16-12-5-7-17(13(12)18)9-3-4-11(15)10(14)8-9/h3-4,8,12,16H,2,5-7H2,1H3. The van der Waals surface area contributed by atoms with E-state index < -0.39 is 5.82 Å². The number of nitrogens with zero attached hydrogens (tertiary/aromatic N) is 1. The van der Waals surface area contributed by atoms with E-state index in [9.17, 15) is 9.18 Å². The van der Waals surface area contributed by atoms with Gasteiger partial charge in [-0.2, -0.15) is 0 Å². The molecule has 1 aliphatic rings. The lowest BCUT2D eigenvalue weighted by molar-refractivity contribution is -0.118. The molecule has 1 aromatic rings. The van der Waals surface area contributed by atoms with Crippen molar-refractivity contribution in [3.63, 3.8) is 0 Å². The van der Waals surface area contributed by atoms with Crippen molar-refractivity contribution >= 4 is 23.2 Å². The average Bonchev–Trinajstić information content (AvgIpc) is 2.72. The Labute approximate surface area is 111 Å². The number of hydrogen-bond acceptors (Lipinski definition) is 2. The number of rotatable bonds is 4.